The third-order valence-electron chi connectivity index (χ3n) is 6.30. The molecule has 1 aliphatic carbocycles. The van der Waals surface area contributed by atoms with E-state index in [0.717, 1.165) is 52.5 Å². The van der Waals surface area contributed by atoms with Gasteiger partial charge in [-0.15, -0.1) is 0 Å². The highest BCUT2D eigenvalue weighted by Crippen LogP contribution is 2.30. The highest BCUT2D eigenvalue weighted by atomic mass is 19.1. The Morgan fingerprint density at radius 1 is 1.03 bits per heavy atom. The second-order valence-electron chi connectivity index (χ2n) is 8.37. The molecule has 0 fully saturated rings. The molecule has 0 spiro atoms. The van der Waals surface area contributed by atoms with Gasteiger partial charge in [0.2, 0.25) is 5.91 Å². The second kappa shape index (κ2) is 8.38. The Bertz CT molecular complexity index is 1200. The smallest absolute Gasteiger partial charge is 0.228 e. The maximum absolute atomic E-state index is 13.8. The summed E-state index contributed by atoms with van der Waals surface area (Å²) in [6, 6.07) is 25.0. The Labute approximate surface area is 181 Å². The number of H-pyrrole nitrogens is 1. The fourth-order valence-electron chi connectivity index (χ4n) is 4.71. The minimum Gasteiger partial charge on any atom is -0.358 e. The largest absolute Gasteiger partial charge is 0.358 e. The molecular formula is C27H25FN2O. The van der Waals surface area contributed by atoms with Crippen molar-refractivity contribution in [2.45, 2.75) is 37.6 Å². The maximum Gasteiger partial charge on any atom is 0.228 e. The van der Waals surface area contributed by atoms with Gasteiger partial charge < -0.3 is 10.3 Å². The van der Waals surface area contributed by atoms with Crippen LogP contribution in [0.15, 0.2) is 78.9 Å². The van der Waals surface area contributed by atoms with E-state index in [9.17, 15) is 9.18 Å². The predicted molar refractivity (Wildman–Crippen MR) is 122 cm³/mol. The molecule has 2 N–H and O–H groups in total. The van der Waals surface area contributed by atoms with Crippen LogP contribution in [-0.2, 0) is 24.1 Å². The number of carbonyl (C=O) groups is 1. The van der Waals surface area contributed by atoms with Crippen LogP contribution in [0.2, 0.25) is 0 Å². The first-order valence-electron chi connectivity index (χ1n) is 10.9. The average molecular weight is 413 g/mol. The van der Waals surface area contributed by atoms with Crippen LogP contribution in [0.5, 0.6) is 0 Å². The van der Waals surface area contributed by atoms with E-state index in [0.29, 0.717) is 6.42 Å². The number of carbonyl (C=O) groups excluding carboxylic acids is 1. The predicted octanol–water partition coefficient (Wildman–Crippen LogP) is 5.31. The molecule has 0 saturated carbocycles. The van der Waals surface area contributed by atoms with Crippen LogP contribution in [-0.4, -0.2) is 16.9 Å². The van der Waals surface area contributed by atoms with E-state index in [1.54, 1.807) is 12.1 Å². The molecular weight excluding hydrogens is 387 g/mol. The van der Waals surface area contributed by atoms with Gasteiger partial charge in [-0.05, 0) is 60.6 Å². The van der Waals surface area contributed by atoms with Crippen molar-refractivity contribution in [3.8, 4) is 0 Å². The van der Waals surface area contributed by atoms with Crippen LogP contribution in [0.1, 0.15) is 34.7 Å². The van der Waals surface area contributed by atoms with Crippen LogP contribution in [0, 0.1) is 5.82 Å². The molecule has 0 aliphatic heterocycles. The standard InChI is InChI=1S/C27H25FN2O/c28-20-11-13-25-23(16-20)24-17-21(12-14-26(24)30-25)29-27(31)22(19-9-5-2-6-10-19)15-18-7-3-1-4-8-18/h1-11,13,16,21-22,30H,12,14-15,17H2,(H,29,31). The Balaban J connectivity index is 1.37. The average Bonchev–Trinajstić information content (AvgIpc) is 3.16. The lowest BCUT2D eigenvalue weighted by atomic mass is 9.88. The summed E-state index contributed by atoms with van der Waals surface area (Å²) in [6.45, 7) is 0. The van der Waals surface area contributed by atoms with Crippen molar-refractivity contribution >= 4 is 16.8 Å². The molecule has 31 heavy (non-hydrogen) atoms. The number of hydrogen-bond acceptors (Lipinski definition) is 1. The Morgan fingerprint density at radius 2 is 1.77 bits per heavy atom. The zero-order valence-electron chi connectivity index (χ0n) is 17.3. The van der Waals surface area contributed by atoms with E-state index in [4.69, 9.17) is 0 Å². The van der Waals surface area contributed by atoms with Crippen LogP contribution < -0.4 is 5.32 Å². The van der Waals surface area contributed by atoms with E-state index in [2.05, 4.69) is 22.4 Å². The summed E-state index contributed by atoms with van der Waals surface area (Å²) < 4.78 is 13.8. The summed E-state index contributed by atoms with van der Waals surface area (Å²) in [4.78, 5) is 16.8. The number of aryl methyl sites for hydroxylation is 1. The number of rotatable bonds is 5. The van der Waals surface area contributed by atoms with Crippen molar-refractivity contribution in [2.24, 2.45) is 0 Å². The van der Waals surface area contributed by atoms with Gasteiger partial charge in [0.05, 0.1) is 5.92 Å². The minimum atomic E-state index is -0.245. The molecule has 1 aliphatic rings. The highest BCUT2D eigenvalue weighted by Gasteiger charge is 2.27. The molecule has 3 aromatic carbocycles. The highest BCUT2D eigenvalue weighted by molar-refractivity contribution is 5.86. The van der Waals surface area contributed by atoms with Gasteiger partial charge in [0.15, 0.2) is 0 Å². The van der Waals surface area contributed by atoms with E-state index >= 15 is 0 Å². The van der Waals surface area contributed by atoms with Gasteiger partial charge in [-0.3, -0.25) is 4.79 Å². The van der Waals surface area contributed by atoms with Gasteiger partial charge in [0.1, 0.15) is 5.82 Å². The van der Waals surface area contributed by atoms with Gasteiger partial charge in [0, 0.05) is 22.6 Å². The molecule has 4 aromatic rings. The number of amides is 1. The molecule has 5 rings (SSSR count). The molecule has 0 bridgehead atoms. The zero-order chi connectivity index (χ0) is 21.2. The lowest BCUT2D eigenvalue weighted by molar-refractivity contribution is -0.123. The SMILES string of the molecule is O=C(NC1CCc2[nH]c3ccc(F)cc3c2C1)C(Cc1ccccc1)c1ccccc1. The van der Waals surface area contributed by atoms with Crippen molar-refractivity contribution in [1.82, 2.24) is 10.3 Å². The number of aromatic amines is 1. The van der Waals surface area contributed by atoms with Crippen LogP contribution in [0.4, 0.5) is 4.39 Å². The molecule has 1 amide bonds. The van der Waals surface area contributed by atoms with E-state index in [1.807, 2.05) is 48.5 Å². The minimum absolute atomic E-state index is 0.0456. The van der Waals surface area contributed by atoms with Gasteiger partial charge in [0.25, 0.3) is 0 Å². The Hall–Kier alpha value is -3.40. The van der Waals surface area contributed by atoms with Crippen molar-refractivity contribution in [3.05, 3.63) is 107 Å². The number of aromatic nitrogens is 1. The summed E-state index contributed by atoms with van der Waals surface area (Å²) in [7, 11) is 0. The summed E-state index contributed by atoms with van der Waals surface area (Å²) in [5, 5.41) is 4.23. The molecule has 4 heteroatoms. The van der Waals surface area contributed by atoms with Gasteiger partial charge in [-0.25, -0.2) is 4.39 Å². The molecule has 156 valence electrons. The lowest BCUT2D eigenvalue weighted by Crippen LogP contribution is -2.41. The summed E-state index contributed by atoms with van der Waals surface area (Å²) in [5.74, 6) is -0.424. The van der Waals surface area contributed by atoms with Gasteiger partial charge in [-0.1, -0.05) is 60.7 Å². The van der Waals surface area contributed by atoms with Crippen LogP contribution >= 0.6 is 0 Å². The third kappa shape index (κ3) is 4.11. The number of benzene rings is 3. The number of halogens is 1. The Morgan fingerprint density at radius 3 is 2.55 bits per heavy atom. The lowest BCUT2D eigenvalue weighted by Gasteiger charge is -2.26. The summed E-state index contributed by atoms with van der Waals surface area (Å²) >= 11 is 0. The van der Waals surface area contributed by atoms with Crippen molar-refractivity contribution in [3.63, 3.8) is 0 Å². The molecule has 3 nitrogen and oxygen atoms in total. The first-order chi connectivity index (χ1) is 15.2. The second-order valence-corrected chi connectivity index (χ2v) is 8.37. The molecule has 1 heterocycles. The summed E-state index contributed by atoms with van der Waals surface area (Å²) in [5.41, 5.74) is 5.42. The van der Waals surface area contributed by atoms with E-state index in [-0.39, 0.29) is 23.7 Å². The molecule has 0 saturated heterocycles. The number of nitrogens with one attached hydrogen (secondary N) is 2. The normalized spacial score (nSPS) is 16.6. The zero-order valence-corrected chi connectivity index (χ0v) is 17.3. The third-order valence-corrected chi connectivity index (χ3v) is 6.30. The Kier molecular flexibility index (Phi) is 5.29. The molecule has 2 unspecified atom stereocenters. The first kappa shape index (κ1) is 19.6. The monoisotopic (exact) mass is 412 g/mol. The van der Waals surface area contributed by atoms with Crippen LogP contribution in [0.3, 0.4) is 0 Å². The van der Waals surface area contributed by atoms with Crippen molar-refractivity contribution in [2.75, 3.05) is 0 Å². The van der Waals surface area contributed by atoms with Crippen molar-refractivity contribution < 1.29 is 9.18 Å². The fourth-order valence-corrected chi connectivity index (χ4v) is 4.71. The first-order valence-corrected chi connectivity index (χ1v) is 10.9. The van der Waals surface area contributed by atoms with Gasteiger partial charge >= 0.3 is 0 Å². The summed E-state index contributed by atoms with van der Waals surface area (Å²) in [6.07, 6.45) is 3.11. The van der Waals surface area contributed by atoms with E-state index < -0.39 is 0 Å². The molecule has 1 aromatic heterocycles. The van der Waals surface area contributed by atoms with Gasteiger partial charge in [-0.2, -0.15) is 0 Å². The van der Waals surface area contributed by atoms with Crippen molar-refractivity contribution in [1.29, 1.82) is 0 Å². The fraction of sp³-hybridized carbons (Fsp3) is 0.222. The molecule has 2 atom stereocenters. The molecule has 0 radical (unpaired) electrons. The number of hydrogen-bond donors (Lipinski definition) is 2. The van der Waals surface area contributed by atoms with E-state index in [1.165, 1.54) is 6.07 Å². The topological polar surface area (TPSA) is 44.9 Å². The quantitative estimate of drug-likeness (QED) is 0.459. The van der Waals surface area contributed by atoms with Crippen LogP contribution in [0.25, 0.3) is 10.9 Å². The number of fused-ring (bicyclic) bond motifs is 3. The maximum atomic E-state index is 13.8.